The largest absolute Gasteiger partial charge is 0.490 e. The summed E-state index contributed by atoms with van der Waals surface area (Å²) in [7, 11) is -1.40. The third-order valence-corrected chi connectivity index (χ3v) is 4.57. The van der Waals surface area contributed by atoms with Gasteiger partial charge in [0.2, 0.25) is 0 Å². The van der Waals surface area contributed by atoms with Gasteiger partial charge in [0, 0.05) is 72.0 Å². The Morgan fingerprint density at radius 3 is 1.56 bits per heavy atom. The lowest BCUT2D eigenvalue weighted by molar-refractivity contribution is -0.192. The first kappa shape index (κ1) is 28.3. The number of carboxylic acids is 1. The number of alkyl halides is 3. The van der Waals surface area contributed by atoms with E-state index in [0.717, 1.165) is 72.0 Å². The number of benzene rings is 1. The van der Waals surface area contributed by atoms with E-state index in [4.69, 9.17) is 9.90 Å². The van der Waals surface area contributed by atoms with Crippen molar-refractivity contribution in [2.24, 2.45) is 0 Å². The standard InChI is InChI=1S/C17H32BN5O2.C2HF3O2/c24-18(25)17-3-1-16(2-4-17)15-23-13-11-21-9-7-19-5-6-20-8-10-22-12-14-23;3-2(4,5)1(6)7/h1-4,19-22,24-25H,5-15H2;(H,6,7). The van der Waals surface area contributed by atoms with E-state index in [1.54, 1.807) is 12.1 Å². The van der Waals surface area contributed by atoms with Crippen LogP contribution in [-0.2, 0) is 11.3 Å². The SMILES string of the molecule is O=C(O)C(F)(F)F.OB(O)c1ccc(CN2CCNCCNCCNCCNCC2)cc1. The minimum atomic E-state index is -5.08. The third-order valence-electron chi connectivity index (χ3n) is 4.57. The summed E-state index contributed by atoms with van der Waals surface area (Å²) in [5, 5.41) is 39.3. The maximum absolute atomic E-state index is 10.6. The van der Waals surface area contributed by atoms with E-state index in [2.05, 4.69) is 26.2 Å². The van der Waals surface area contributed by atoms with Gasteiger partial charge < -0.3 is 36.4 Å². The van der Waals surface area contributed by atoms with Crippen LogP contribution in [0.25, 0.3) is 0 Å². The average molecular weight is 463 g/mol. The normalized spacial score (nSPS) is 17.9. The zero-order valence-electron chi connectivity index (χ0n) is 18.0. The highest BCUT2D eigenvalue weighted by Crippen LogP contribution is 2.13. The molecular weight excluding hydrogens is 430 g/mol. The van der Waals surface area contributed by atoms with E-state index < -0.39 is 19.3 Å². The van der Waals surface area contributed by atoms with Crippen molar-refractivity contribution < 1.29 is 33.1 Å². The van der Waals surface area contributed by atoms with Gasteiger partial charge in [0.25, 0.3) is 0 Å². The molecule has 1 aromatic carbocycles. The molecule has 182 valence electrons. The Morgan fingerprint density at radius 1 is 0.844 bits per heavy atom. The molecule has 0 aliphatic carbocycles. The van der Waals surface area contributed by atoms with Crippen LogP contribution in [0.2, 0.25) is 0 Å². The number of carbonyl (C=O) groups is 1. The monoisotopic (exact) mass is 463 g/mol. The Balaban J connectivity index is 0.000000633. The van der Waals surface area contributed by atoms with Crippen LogP contribution in [0, 0.1) is 0 Å². The predicted molar refractivity (Wildman–Crippen MR) is 117 cm³/mol. The van der Waals surface area contributed by atoms with Gasteiger partial charge in [-0.25, -0.2) is 4.79 Å². The van der Waals surface area contributed by atoms with Crippen LogP contribution in [0.15, 0.2) is 24.3 Å². The zero-order chi connectivity index (χ0) is 23.8. The Bertz CT molecular complexity index is 622. The van der Waals surface area contributed by atoms with Crippen LogP contribution in [0.1, 0.15) is 5.56 Å². The number of nitrogens with zero attached hydrogens (tertiary/aromatic N) is 1. The summed E-state index contributed by atoms with van der Waals surface area (Å²) in [6.45, 7) is 10.7. The van der Waals surface area contributed by atoms with Crippen molar-refractivity contribution in [1.82, 2.24) is 26.2 Å². The second-order valence-electron chi connectivity index (χ2n) is 7.19. The molecule has 0 amide bonds. The molecule has 32 heavy (non-hydrogen) atoms. The second kappa shape index (κ2) is 16.0. The second-order valence-corrected chi connectivity index (χ2v) is 7.19. The summed E-state index contributed by atoms with van der Waals surface area (Å²) < 4.78 is 31.7. The van der Waals surface area contributed by atoms with E-state index >= 15 is 0 Å². The molecule has 0 radical (unpaired) electrons. The van der Waals surface area contributed by atoms with Crippen molar-refractivity contribution >= 4 is 18.6 Å². The molecule has 0 spiro atoms. The van der Waals surface area contributed by atoms with Crippen molar-refractivity contribution in [2.75, 3.05) is 65.4 Å². The maximum atomic E-state index is 10.6. The molecule has 1 heterocycles. The molecule has 2 rings (SSSR count). The molecule has 0 saturated carbocycles. The molecule has 9 nitrogen and oxygen atoms in total. The number of aliphatic carboxylic acids is 1. The number of carboxylic acid groups (broad SMARTS) is 1. The van der Waals surface area contributed by atoms with Gasteiger partial charge in [-0.05, 0) is 11.0 Å². The molecule has 7 N–H and O–H groups in total. The molecule has 1 fully saturated rings. The van der Waals surface area contributed by atoms with Crippen LogP contribution in [0.3, 0.4) is 0 Å². The van der Waals surface area contributed by atoms with Crippen LogP contribution < -0.4 is 26.7 Å². The zero-order valence-corrected chi connectivity index (χ0v) is 18.0. The fourth-order valence-corrected chi connectivity index (χ4v) is 2.83. The summed E-state index contributed by atoms with van der Waals surface area (Å²) in [5.74, 6) is -2.76. The van der Waals surface area contributed by atoms with Gasteiger partial charge in [0.1, 0.15) is 0 Å². The van der Waals surface area contributed by atoms with Gasteiger partial charge in [-0.3, -0.25) is 4.90 Å². The van der Waals surface area contributed by atoms with Gasteiger partial charge in [0.15, 0.2) is 0 Å². The van der Waals surface area contributed by atoms with Gasteiger partial charge in [-0.2, -0.15) is 13.2 Å². The Kier molecular flexibility index (Phi) is 14.1. The van der Waals surface area contributed by atoms with E-state index in [0.29, 0.717) is 5.46 Å². The lowest BCUT2D eigenvalue weighted by Crippen LogP contribution is -2.38. The summed E-state index contributed by atoms with van der Waals surface area (Å²) in [6.07, 6.45) is -5.08. The van der Waals surface area contributed by atoms with Gasteiger partial charge in [-0.15, -0.1) is 0 Å². The lowest BCUT2D eigenvalue weighted by atomic mass is 9.80. The van der Waals surface area contributed by atoms with Crippen LogP contribution >= 0.6 is 0 Å². The highest BCUT2D eigenvalue weighted by Gasteiger charge is 2.38. The fraction of sp³-hybridized carbons (Fsp3) is 0.632. The van der Waals surface area contributed by atoms with E-state index in [1.807, 2.05) is 12.1 Å². The highest BCUT2D eigenvalue weighted by atomic mass is 19.4. The molecule has 0 unspecified atom stereocenters. The van der Waals surface area contributed by atoms with Crippen molar-refractivity contribution in [3.05, 3.63) is 29.8 Å². The molecule has 1 aliphatic rings. The minimum Gasteiger partial charge on any atom is -0.475 e. The van der Waals surface area contributed by atoms with Crippen molar-refractivity contribution in [1.29, 1.82) is 0 Å². The van der Waals surface area contributed by atoms with Crippen LogP contribution in [0.5, 0.6) is 0 Å². The molecule has 1 aromatic rings. The summed E-state index contributed by atoms with van der Waals surface area (Å²) in [5.41, 5.74) is 1.72. The third kappa shape index (κ3) is 13.6. The van der Waals surface area contributed by atoms with Crippen molar-refractivity contribution in [3.8, 4) is 0 Å². The first-order chi connectivity index (χ1) is 15.2. The predicted octanol–water partition coefficient (Wildman–Crippen LogP) is -1.83. The number of halogens is 3. The minimum absolute atomic E-state index is 0.532. The molecule has 0 aromatic heterocycles. The van der Waals surface area contributed by atoms with Crippen LogP contribution in [-0.4, -0.2) is 105 Å². The van der Waals surface area contributed by atoms with Crippen molar-refractivity contribution in [3.63, 3.8) is 0 Å². The highest BCUT2D eigenvalue weighted by molar-refractivity contribution is 6.58. The Morgan fingerprint density at radius 2 is 1.22 bits per heavy atom. The number of rotatable bonds is 3. The number of nitrogens with one attached hydrogen (secondary N) is 4. The van der Waals surface area contributed by atoms with E-state index in [1.165, 1.54) is 5.56 Å². The van der Waals surface area contributed by atoms with Gasteiger partial charge >= 0.3 is 19.3 Å². The molecular formula is C19H33BF3N5O4. The quantitative estimate of drug-likeness (QED) is 0.259. The molecule has 0 bridgehead atoms. The number of hydrogen-bond acceptors (Lipinski definition) is 8. The first-order valence-corrected chi connectivity index (χ1v) is 10.5. The average Bonchev–Trinajstić information content (AvgIpc) is 2.74. The number of hydrogen-bond donors (Lipinski definition) is 7. The first-order valence-electron chi connectivity index (χ1n) is 10.5. The van der Waals surface area contributed by atoms with E-state index in [9.17, 15) is 23.2 Å². The lowest BCUT2D eigenvalue weighted by Gasteiger charge is -2.23. The molecule has 1 saturated heterocycles. The van der Waals surface area contributed by atoms with Gasteiger partial charge in [0.05, 0.1) is 0 Å². The Hall–Kier alpha value is -1.74. The van der Waals surface area contributed by atoms with E-state index in [-0.39, 0.29) is 0 Å². The van der Waals surface area contributed by atoms with Crippen LogP contribution in [0.4, 0.5) is 13.2 Å². The summed E-state index contributed by atoms with van der Waals surface area (Å²) in [4.78, 5) is 11.3. The Labute approximate surface area is 186 Å². The molecule has 13 heteroatoms. The fourth-order valence-electron chi connectivity index (χ4n) is 2.83. The van der Waals surface area contributed by atoms with Gasteiger partial charge in [-0.1, -0.05) is 24.3 Å². The van der Waals surface area contributed by atoms with Crippen molar-refractivity contribution in [2.45, 2.75) is 12.7 Å². The summed E-state index contributed by atoms with van der Waals surface area (Å²) >= 11 is 0. The smallest absolute Gasteiger partial charge is 0.475 e. The molecule has 1 aliphatic heterocycles. The summed E-state index contributed by atoms with van der Waals surface area (Å²) in [6, 6.07) is 7.50. The maximum Gasteiger partial charge on any atom is 0.490 e. The molecule has 0 atom stereocenters. The topological polar surface area (TPSA) is 129 Å².